The number of amides is 1. The quantitative estimate of drug-likeness (QED) is 0.783. The van der Waals surface area contributed by atoms with E-state index in [-0.39, 0.29) is 17.3 Å². The lowest BCUT2D eigenvalue weighted by Crippen LogP contribution is -2.48. The number of benzene rings is 1. The summed E-state index contributed by atoms with van der Waals surface area (Å²) >= 11 is 12.9. The van der Waals surface area contributed by atoms with Crippen LogP contribution in [-0.4, -0.2) is 36.2 Å². The molecule has 1 atom stereocenters. The molecular formula is C16H17Cl2N3O3S2. The zero-order valence-corrected chi connectivity index (χ0v) is 16.8. The molecule has 1 aliphatic heterocycles. The summed E-state index contributed by atoms with van der Waals surface area (Å²) in [4.78, 5) is 17.2. The Labute approximate surface area is 166 Å². The van der Waals surface area contributed by atoms with Gasteiger partial charge in [-0.25, -0.2) is 13.4 Å². The van der Waals surface area contributed by atoms with E-state index in [2.05, 4.69) is 10.3 Å². The van der Waals surface area contributed by atoms with Crippen molar-refractivity contribution < 1.29 is 13.2 Å². The summed E-state index contributed by atoms with van der Waals surface area (Å²) in [5, 5.41) is 3.24. The summed E-state index contributed by atoms with van der Waals surface area (Å²) < 4.78 is 28.1. The number of nitrogens with one attached hydrogen (secondary N) is 1. The van der Waals surface area contributed by atoms with Gasteiger partial charge in [-0.05, 0) is 43.5 Å². The van der Waals surface area contributed by atoms with Gasteiger partial charge in [-0.3, -0.25) is 4.79 Å². The molecular weight excluding hydrogens is 417 g/mol. The van der Waals surface area contributed by atoms with Crippen LogP contribution in [0.2, 0.25) is 9.49 Å². The highest BCUT2D eigenvalue weighted by Gasteiger charge is 2.36. The molecule has 26 heavy (non-hydrogen) atoms. The van der Waals surface area contributed by atoms with E-state index in [9.17, 15) is 13.2 Å². The molecule has 0 saturated carbocycles. The number of carbonyl (C=O) groups is 1. The van der Waals surface area contributed by atoms with Crippen molar-refractivity contribution >= 4 is 50.5 Å². The summed E-state index contributed by atoms with van der Waals surface area (Å²) in [6, 6.07) is 5.14. The van der Waals surface area contributed by atoms with Gasteiger partial charge < -0.3 is 5.32 Å². The van der Waals surface area contributed by atoms with Crippen molar-refractivity contribution in [3.63, 3.8) is 0 Å². The van der Waals surface area contributed by atoms with Crippen molar-refractivity contribution in [1.29, 1.82) is 0 Å². The van der Waals surface area contributed by atoms with Gasteiger partial charge in [0.15, 0.2) is 4.47 Å². The minimum Gasteiger partial charge on any atom is -0.355 e. The smallest absolute Gasteiger partial charge is 0.244 e. The van der Waals surface area contributed by atoms with Crippen LogP contribution in [0.4, 0.5) is 0 Å². The molecule has 2 heterocycles. The molecule has 3 rings (SSSR count). The normalized spacial score (nSPS) is 18.6. The fraction of sp³-hybridized carbons (Fsp3) is 0.375. The molecule has 2 aromatic rings. The van der Waals surface area contributed by atoms with Crippen LogP contribution in [0, 0.1) is 0 Å². The topological polar surface area (TPSA) is 79.4 Å². The number of aromatic nitrogens is 1. The molecule has 6 nitrogen and oxygen atoms in total. The van der Waals surface area contributed by atoms with Gasteiger partial charge in [0, 0.05) is 22.6 Å². The summed E-state index contributed by atoms with van der Waals surface area (Å²) in [5.41, 5.74) is 0. The van der Waals surface area contributed by atoms with Crippen LogP contribution >= 0.6 is 34.5 Å². The Morgan fingerprint density at radius 2 is 1.96 bits per heavy atom. The second-order valence-electron chi connectivity index (χ2n) is 5.89. The van der Waals surface area contributed by atoms with E-state index in [1.807, 2.05) is 0 Å². The average Bonchev–Trinajstić information content (AvgIpc) is 2.89. The van der Waals surface area contributed by atoms with Crippen molar-refractivity contribution in [2.24, 2.45) is 0 Å². The van der Waals surface area contributed by atoms with Crippen molar-refractivity contribution in [1.82, 2.24) is 14.6 Å². The SMILES string of the molecule is O=C1NCCCC[C@H]1N(Cc1cnc(Cl)s1)S(=O)(=O)c1ccc(Cl)cc1. The molecule has 1 amide bonds. The van der Waals surface area contributed by atoms with E-state index in [0.717, 1.165) is 12.8 Å². The second kappa shape index (κ2) is 8.22. The van der Waals surface area contributed by atoms with E-state index in [4.69, 9.17) is 23.2 Å². The Balaban J connectivity index is 2.00. The molecule has 1 N–H and O–H groups in total. The van der Waals surface area contributed by atoms with Gasteiger partial charge in [0.25, 0.3) is 0 Å². The summed E-state index contributed by atoms with van der Waals surface area (Å²) in [6.45, 7) is 0.587. The highest BCUT2D eigenvalue weighted by Crippen LogP contribution is 2.28. The predicted octanol–water partition coefficient (Wildman–Crippen LogP) is 3.31. The zero-order valence-electron chi connectivity index (χ0n) is 13.7. The van der Waals surface area contributed by atoms with Crippen LogP contribution in [0.5, 0.6) is 0 Å². The monoisotopic (exact) mass is 433 g/mol. The van der Waals surface area contributed by atoms with E-state index in [1.165, 1.54) is 46.1 Å². The molecule has 0 bridgehead atoms. The van der Waals surface area contributed by atoms with Gasteiger partial charge in [-0.1, -0.05) is 23.2 Å². The fourth-order valence-corrected chi connectivity index (χ4v) is 5.59. The molecule has 1 aliphatic rings. The third-order valence-electron chi connectivity index (χ3n) is 4.11. The minimum atomic E-state index is -3.91. The van der Waals surface area contributed by atoms with Crippen molar-refractivity contribution in [3.8, 4) is 0 Å². The third-order valence-corrected chi connectivity index (χ3v) is 7.33. The lowest BCUT2D eigenvalue weighted by molar-refractivity contribution is -0.124. The van der Waals surface area contributed by atoms with Gasteiger partial charge in [0.1, 0.15) is 6.04 Å². The Morgan fingerprint density at radius 3 is 2.62 bits per heavy atom. The van der Waals surface area contributed by atoms with Crippen molar-refractivity contribution in [2.75, 3.05) is 6.54 Å². The van der Waals surface area contributed by atoms with Crippen LogP contribution in [0.1, 0.15) is 24.1 Å². The van der Waals surface area contributed by atoms with Crippen molar-refractivity contribution in [3.05, 3.63) is 44.8 Å². The molecule has 1 aromatic heterocycles. The standard InChI is InChI=1S/C16H17Cl2N3O3S2/c17-11-4-6-13(7-5-11)26(23,24)21(10-12-9-20-16(18)25-12)14-3-1-2-8-19-15(14)22/h4-7,9,14H,1-3,8,10H2,(H,19,22)/t14-/m1/s1. The van der Waals surface area contributed by atoms with E-state index in [1.54, 1.807) is 0 Å². The molecule has 140 valence electrons. The summed E-state index contributed by atoms with van der Waals surface area (Å²) in [5.74, 6) is -0.282. The van der Waals surface area contributed by atoms with E-state index in [0.29, 0.717) is 27.3 Å². The first-order valence-electron chi connectivity index (χ1n) is 8.03. The number of hydrogen-bond donors (Lipinski definition) is 1. The lowest BCUT2D eigenvalue weighted by atomic mass is 10.1. The second-order valence-corrected chi connectivity index (χ2v) is 9.91. The molecule has 10 heteroatoms. The molecule has 1 saturated heterocycles. The van der Waals surface area contributed by atoms with Crippen LogP contribution in [0.25, 0.3) is 0 Å². The Kier molecular flexibility index (Phi) is 6.19. The molecule has 0 unspecified atom stereocenters. The number of halogens is 2. The first-order valence-corrected chi connectivity index (χ1v) is 11.0. The molecule has 0 radical (unpaired) electrons. The van der Waals surface area contributed by atoms with Crippen molar-refractivity contribution in [2.45, 2.75) is 36.7 Å². The maximum atomic E-state index is 13.3. The van der Waals surface area contributed by atoms with E-state index < -0.39 is 16.1 Å². The fourth-order valence-electron chi connectivity index (χ4n) is 2.81. The highest BCUT2D eigenvalue weighted by atomic mass is 35.5. The number of carbonyl (C=O) groups excluding carboxylic acids is 1. The third kappa shape index (κ3) is 4.37. The average molecular weight is 434 g/mol. The van der Waals surface area contributed by atoms with Crippen LogP contribution in [-0.2, 0) is 21.4 Å². The van der Waals surface area contributed by atoms with Crippen LogP contribution in [0.15, 0.2) is 35.4 Å². The Morgan fingerprint density at radius 1 is 1.23 bits per heavy atom. The van der Waals surface area contributed by atoms with Gasteiger partial charge in [0.05, 0.1) is 11.4 Å². The van der Waals surface area contributed by atoms with Gasteiger partial charge >= 0.3 is 0 Å². The first kappa shape index (κ1) is 19.6. The maximum absolute atomic E-state index is 13.3. The molecule has 1 fully saturated rings. The first-order chi connectivity index (χ1) is 12.4. The molecule has 0 aliphatic carbocycles. The number of hydrogen-bond acceptors (Lipinski definition) is 5. The van der Waals surface area contributed by atoms with Gasteiger partial charge in [-0.2, -0.15) is 4.31 Å². The molecule has 1 aromatic carbocycles. The Hall–Kier alpha value is -1.19. The van der Waals surface area contributed by atoms with Gasteiger partial charge in [-0.15, -0.1) is 11.3 Å². The van der Waals surface area contributed by atoms with Crippen LogP contribution in [0.3, 0.4) is 0 Å². The summed E-state index contributed by atoms with van der Waals surface area (Å²) in [6.07, 6.45) is 3.58. The lowest BCUT2D eigenvalue weighted by Gasteiger charge is -2.28. The van der Waals surface area contributed by atoms with Gasteiger partial charge in [0.2, 0.25) is 15.9 Å². The maximum Gasteiger partial charge on any atom is 0.244 e. The number of rotatable bonds is 5. The number of thiazole rings is 1. The predicted molar refractivity (Wildman–Crippen MR) is 102 cm³/mol. The summed E-state index contributed by atoms with van der Waals surface area (Å²) in [7, 11) is -3.91. The Bertz CT molecular complexity index is 884. The highest BCUT2D eigenvalue weighted by molar-refractivity contribution is 7.89. The molecule has 0 spiro atoms. The largest absolute Gasteiger partial charge is 0.355 e. The zero-order chi connectivity index (χ0) is 18.7. The van der Waals surface area contributed by atoms with E-state index >= 15 is 0 Å². The number of nitrogens with zero attached hydrogens (tertiary/aromatic N) is 2. The number of sulfonamides is 1. The van der Waals surface area contributed by atoms with Crippen LogP contribution < -0.4 is 5.32 Å². The minimum absolute atomic E-state index is 0.0352.